The molecule has 0 saturated heterocycles. The van der Waals surface area contributed by atoms with Crippen molar-refractivity contribution in [2.45, 2.75) is 25.8 Å². The van der Waals surface area contributed by atoms with Gasteiger partial charge in [-0.25, -0.2) is 0 Å². The molecule has 0 saturated carbocycles. The fourth-order valence-corrected chi connectivity index (χ4v) is 1.74. The molecule has 0 aromatic heterocycles. The van der Waals surface area contributed by atoms with E-state index in [1.54, 1.807) is 7.11 Å². The molecule has 1 rings (SSSR count). The highest BCUT2D eigenvalue weighted by Crippen LogP contribution is 2.25. The number of hydrogen-bond donors (Lipinski definition) is 1. The summed E-state index contributed by atoms with van der Waals surface area (Å²) < 4.78 is 16.1. The molecule has 1 unspecified atom stereocenters. The Hall–Kier alpha value is -1.10. The number of benzene rings is 1. The van der Waals surface area contributed by atoms with Gasteiger partial charge < -0.3 is 19.9 Å². The lowest BCUT2D eigenvalue weighted by atomic mass is 10.0. The summed E-state index contributed by atoms with van der Waals surface area (Å²) in [6, 6.07) is 7.88. The molecule has 0 radical (unpaired) electrons. The molecule has 1 atom stereocenters. The normalized spacial score (nSPS) is 12.4. The van der Waals surface area contributed by atoms with Crippen LogP contribution in [-0.2, 0) is 9.47 Å². The quantitative estimate of drug-likeness (QED) is 0.662. The number of hydrogen-bond acceptors (Lipinski definition) is 4. The average Bonchev–Trinajstić information content (AvgIpc) is 2.45. The lowest BCUT2D eigenvalue weighted by Gasteiger charge is -2.16. The van der Waals surface area contributed by atoms with Gasteiger partial charge in [0.1, 0.15) is 5.75 Å². The van der Waals surface area contributed by atoms with E-state index in [0.717, 1.165) is 24.2 Å². The number of nitrogens with two attached hydrogens (primary N) is 1. The van der Waals surface area contributed by atoms with E-state index in [9.17, 15) is 0 Å². The van der Waals surface area contributed by atoms with E-state index in [1.807, 2.05) is 24.3 Å². The first-order valence-electron chi connectivity index (χ1n) is 6.83. The van der Waals surface area contributed by atoms with Crippen molar-refractivity contribution in [3.63, 3.8) is 0 Å². The third-order valence-corrected chi connectivity index (χ3v) is 2.79. The van der Waals surface area contributed by atoms with Crippen LogP contribution in [0.4, 0.5) is 0 Å². The Morgan fingerprint density at radius 3 is 2.63 bits per heavy atom. The molecule has 4 nitrogen and oxygen atoms in total. The molecule has 108 valence electrons. The SMILES string of the molecule is CCCOc1ccccc1C(N)CCOCCOC. The average molecular weight is 267 g/mol. The van der Waals surface area contributed by atoms with Gasteiger partial charge in [0, 0.05) is 25.3 Å². The summed E-state index contributed by atoms with van der Waals surface area (Å²) in [7, 11) is 1.66. The molecule has 0 spiro atoms. The molecular formula is C15H25NO3. The van der Waals surface area contributed by atoms with Crippen molar-refractivity contribution in [1.82, 2.24) is 0 Å². The summed E-state index contributed by atoms with van der Waals surface area (Å²) in [5.41, 5.74) is 7.24. The predicted octanol–water partition coefficient (Wildman–Crippen LogP) is 2.53. The van der Waals surface area contributed by atoms with Crippen LogP contribution in [-0.4, -0.2) is 33.5 Å². The van der Waals surface area contributed by atoms with Gasteiger partial charge in [-0.15, -0.1) is 0 Å². The molecule has 0 heterocycles. The molecular weight excluding hydrogens is 242 g/mol. The zero-order chi connectivity index (χ0) is 13.9. The molecule has 19 heavy (non-hydrogen) atoms. The Morgan fingerprint density at radius 2 is 1.89 bits per heavy atom. The predicted molar refractivity (Wildman–Crippen MR) is 76.5 cm³/mol. The van der Waals surface area contributed by atoms with Gasteiger partial charge in [-0.05, 0) is 18.9 Å². The summed E-state index contributed by atoms with van der Waals surface area (Å²) >= 11 is 0. The van der Waals surface area contributed by atoms with Crippen LogP contribution in [0.3, 0.4) is 0 Å². The highest BCUT2D eigenvalue weighted by atomic mass is 16.5. The zero-order valence-electron chi connectivity index (χ0n) is 11.9. The first kappa shape index (κ1) is 16.0. The van der Waals surface area contributed by atoms with Crippen molar-refractivity contribution in [3.05, 3.63) is 29.8 Å². The van der Waals surface area contributed by atoms with Crippen LogP contribution in [0.15, 0.2) is 24.3 Å². The highest BCUT2D eigenvalue weighted by molar-refractivity contribution is 5.35. The second-order valence-electron chi connectivity index (χ2n) is 4.39. The summed E-state index contributed by atoms with van der Waals surface area (Å²) in [5.74, 6) is 0.883. The van der Waals surface area contributed by atoms with Crippen molar-refractivity contribution >= 4 is 0 Å². The lowest BCUT2D eigenvalue weighted by molar-refractivity contribution is 0.0671. The van der Waals surface area contributed by atoms with Gasteiger partial charge in [-0.3, -0.25) is 0 Å². The second kappa shape index (κ2) is 9.78. The maximum absolute atomic E-state index is 6.19. The largest absolute Gasteiger partial charge is 0.493 e. The van der Waals surface area contributed by atoms with Gasteiger partial charge in [0.15, 0.2) is 0 Å². The van der Waals surface area contributed by atoms with Crippen molar-refractivity contribution < 1.29 is 14.2 Å². The summed E-state index contributed by atoms with van der Waals surface area (Å²) in [4.78, 5) is 0. The molecule has 1 aromatic carbocycles. The molecule has 2 N–H and O–H groups in total. The molecule has 0 fully saturated rings. The monoisotopic (exact) mass is 267 g/mol. The van der Waals surface area contributed by atoms with Crippen molar-refractivity contribution in [1.29, 1.82) is 0 Å². The second-order valence-corrected chi connectivity index (χ2v) is 4.39. The number of rotatable bonds is 10. The topological polar surface area (TPSA) is 53.7 Å². The molecule has 0 aliphatic heterocycles. The molecule has 0 aliphatic carbocycles. The van der Waals surface area contributed by atoms with Gasteiger partial charge in [0.25, 0.3) is 0 Å². The van der Waals surface area contributed by atoms with E-state index in [0.29, 0.717) is 26.4 Å². The van der Waals surface area contributed by atoms with Crippen LogP contribution in [0.1, 0.15) is 31.4 Å². The van der Waals surface area contributed by atoms with Gasteiger partial charge in [0.05, 0.1) is 19.8 Å². The molecule has 0 aliphatic rings. The lowest BCUT2D eigenvalue weighted by Crippen LogP contribution is -2.15. The van der Waals surface area contributed by atoms with Gasteiger partial charge in [0.2, 0.25) is 0 Å². The molecule has 0 bridgehead atoms. The first-order valence-corrected chi connectivity index (χ1v) is 6.83. The van der Waals surface area contributed by atoms with Crippen LogP contribution in [0.2, 0.25) is 0 Å². The molecule has 0 amide bonds. The van der Waals surface area contributed by atoms with Crippen molar-refractivity contribution in [2.24, 2.45) is 5.73 Å². The van der Waals surface area contributed by atoms with Crippen LogP contribution in [0, 0.1) is 0 Å². The fraction of sp³-hybridized carbons (Fsp3) is 0.600. The Morgan fingerprint density at radius 1 is 1.11 bits per heavy atom. The van der Waals surface area contributed by atoms with Gasteiger partial charge >= 0.3 is 0 Å². The van der Waals surface area contributed by atoms with E-state index in [2.05, 4.69) is 6.92 Å². The van der Waals surface area contributed by atoms with E-state index in [1.165, 1.54) is 0 Å². The Labute approximate surface area is 115 Å². The minimum absolute atomic E-state index is 0.0596. The summed E-state index contributed by atoms with van der Waals surface area (Å²) in [6.07, 6.45) is 1.76. The van der Waals surface area contributed by atoms with E-state index in [4.69, 9.17) is 19.9 Å². The third-order valence-electron chi connectivity index (χ3n) is 2.79. The van der Waals surface area contributed by atoms with Crippen LogP contribution in [0.25, 0.3) is 0 Å². The third kappa shape index (κ3) is 6.05. The maximum atomic E-state index is 6.19. The van der Waals surface area contributed by atoms with Crippen molar-refractivity contribution in [3.8, 4) is 5.75 Å². The van der Waals surface area contributed by atoms with Crippen LogP contribution in [0.5, 0.6) is 5.75 Å². The summed E-state index contributed by atoms with van der Waals surface area (Å²) in [5, 5.41) is 0. The standard InChI is InChI=1S/C15H25NO3/c1-3-9-19-15-7-5-4-6-13(15)14(16)8-10-18-12-11-17-2/h4-7,14H,3,8-12,16H2,1-2H3. The zero-order valence-corrected chi connectivity index (χ0v) is 11.9. The van der Waals surface area contributed by atoms with Crippen LogP contribution < -0.4 is 10.5 Å². The smallest absolute Gasteiger partial charge is 0.124 e. The number of para-hydroxylation sites is 1. The summed E-state index contributed by atoms with van der Waals surface area (Å²) in [6.45, 7) is 4.66. The van der Waals surface area contributed by atoms with Crippen LogP contribution >= 0.6 is 0 Å². The van der Waals surface area contributed by atoms with Gasteiger partial charge in [-0.2, -0.15) is 0 Å². The minimum Gasteiger partial charge on any atom is -0.493 e. The maximum Gasteiger partial charge on any atom is 0.124 e. The Kier molecular flexibility index (Phi) is 8.21. The first-order chi connectivity index (χ1) is 9.29. The molecule has 4 heteroatoms. The minimum atomic E-state index is -0.0596. The van der Waals surface area contributed by atoms with Crippen molar-refractivity contribution in [2.75, 3.05) is 33.5 Å². The highest BCUT2D eigenvalue weighted by Gasteiger charge is 2.11. The molecule has 1 aromatic rings. The van der Waals surface area contributed by atoms with E-state index in [-0.39, 0.29) is 6.04 Å². The van der Waals surface area contributed by atoms with Gasteiger partial charge in [-0.1, -0.05) is 25.1 Å². The number of ether oxygens (including phenoxy) is 3. The number of methoxy groups -OCH3 is 1. The Balaban J connectivity index is 2.44. The van der Waals surface area contributed by atoms with E-state index < -0.39 is 0 Å². The Bertz CT molecular complexity index is 344. The fourth-order valence-electron chi connectivity index (χ4n) is 1.74. The van der Waals surface area contributed by atoms with E-state index >= 15 is 0 Å².